The Morgan fingerprint density at radius 2 is 1.46 bits per heavy atom. The molecule has 2 aliphatic rings. The zero-order valence-corrected chi connectivity index (χ0v) is 15.1. The van der Waals surface area contributed by atoms with Crippen LogP contribution in [0.5, 0.6) is 0 Å². The summed E-state index contributed by atoms with van der Waals surface area (Å²) in [5.74, 6) is 0.863. The molecule has 0 unspecified atom stereocenters. The van der Waals surface area contributed by atoms with E-state index < -0.39 is 0 Å². The molecule has 0 atom stereocenters. The first-order valence-electron chi connectivity index (χ1n) is 9.59. The number of benzene rings is 2. The van der Waals surface area contributed by atoms with Crippen LogP contribution in [0.15, 0.2) is 48.5 Å². The van der Waals surface area contributed by atoms with Crippen LogP contribution in [-0.2, 0) is 4.79 Å². The predicted molar refractivity (Wildman–Crippen MR) is 107 cm³/mol. The summed E-state index contributed by atoms with van der Waals surface area (Å²) < 4.78 is 0. The zero-order valence-electron chi connectivity index (χ0n) is 15.1. The van der Waals surface area contributed by atoms with Gasteiger partial charge >= 0.3 is 0 Å². The SMILES string of the molecule is NC(=O)CCN1CCC(C2c3ccccc3C=Cc3ccccc32)CC1. The first-order valence-corrected chi connectivity index (χ1v) is 9.59. The molecule has 1 fully saturated rings. The van der Waals surface area contributed by atoms with Gasteiger partial charge in [0.1, 0.15) is 0 Å². The Bertz CT molecular complexity index is 769. The van der Waals surface area contributed by atoms with Crippen molar-refractivity contribution < 1.29 is 4.79 Å². The van der Waals surface area contributed by atoms with Crippen LogP contribution in [0.3, 0.4) is 0 Å². The Kier molecular flexibility index (Phi) is 4.89. The van der Waals surface area contributed by atoms with E-state index >= 15 is 0 Å². The molecule has 0 saturated carbocycles. The number of carbonyl (C=O) groups excluding carboxylic acids is 1. The quantitative estimate of drug-likeness (QED) is 0.913. The summed E-state index contributed by atoms with van der Waals surface area (Å²) in [6.07, 6.45) is 7.30. The summed E-state index contributed by atoms with van der Waals surface area (Å²) in [6.45, 7) is 2.89. The second-order valence-electron chi connectivity index (χ2n) is 7.46. The lowest BCUT2D eigenvalue weighted by molar-refractivity contribution is -0.118. The van der Waals surface area contributed by atoms with E-state index in [1.807, 2.05) is 0 Å². The van der Waals surface area contributed by atoms with Crippen molar-refractivity contribution >= 4 is 18.1 Å². The molecule has 2 N–H and O–H groups in total. The summed E-state index contributed by atoms with van der Waals surface area (Å²) in [5, 5.41) is 0. The number of amides is 1. The molecule has 1 aliphatic heterocycles. The smallest absolute Gasteiger partial charge is 0.218 e. The van der Waals surface area contributed by atoms with E-state index in [-0.39, 0.29) is 5.91 Å². The normalized spacial score (nSPS) is 18.2. The van der Waals surface area contributed by atoms with Crippen molar-refractivity contribution in [2.75, 3.05) is 19.6 Å². The van der Waals surface area contributed by atoms with E-state index in [1.165, 1.54) is 22.3 Å². The highest BCUT2D eigenvalue weighted by Crippen LogP contribution is 2.42. The highest BCUT2D eigenvalue weighted by Gasteiger charge is 2.31. The van der Waals surface area contributed by atoms with Gasteiger partial charge in [-0.05, 0) is 54.1 Å². The molecule has 2 aromatic carbocycles. The molecule has 26 heavy (non-hydrogen) atoms. The van der Waals surface area contributed by atoms with Gasteiger partial charge in [0, 0.05) is 18.9 Å². The first kappa shape index (κ1) is 17.0. The van der Waals surface area contributed by atoms with Gasteiger partial charge in [0.05, 0.1) is 0 Å². The third kappa shape index (κ3) is 3.45. The number of rotatable bonds is 4. The van der Waals surface area contributed by atoms with E-state index in [0.717, 1.165) is 32.5 Å². The minimum atomic E-state index is -0.204. The van der Waals surface area contributed by atoms with Crippen LogP contribution in [0.4, 0.5) is 0 Å². The molecule has 4 rings (SSSR count). The number of hydrogen-bond donors (Lipinski definition) is 1. The molecule has 0 spiro atoms. The Morgan fingerprint density at radius 1 is 0.923 bits per heavy atom. The number of piperidine rings is 1. The van der Waals surface area contributed by atoms with Crippen molar-refractivity contribution in [2.45, 2.75) is 25.2 Å². The third-order valence-corrected chi connectivity index (χ3v) is 5.88. The van der Waals surface area contributed by atoms with Crippen molar-refractivity contribution in [2.24, 2.45) is 11.7 Å². The average molecular weight is 346 g/mol. The van der Waals surface area contributed by atoms with Crippen LogP contribution in [0, 0.1) is 5.92 Å². The van der Waals surface area contributed by atoms with E-state index in [2.05, 4.69) is 65.6 Å². The van der Waals surface area contributed by atoms with E-state index in [0.29, 0.717) is 18.3 Å². The molecule has 1 amide bonds. The Labute approximate surface area is 155 Å². The van der Waals surface area contributed by atoms with Crippen molar-refractivity contribution in [3.05, 3.63) is 70.8 Å². The molecule has 0 bridgehead atoms. The molecule has 0 radical (unpaired) electrons. The van der Waals surface area contributed by atoms with Crippen LogP contribution in [-0.4, -0.2) is 30.4 Å². The molecular weight excluding hydrogens is 320 g/mol. The predicted octanol–water partition coefficient (Wildman–Crippen LogP) is 3.89. The van der Waals surface area contributed by atoms with Gasteiger partial charge in [0.25, 0.3) is 0 Å². The Morgan fingerprint density at radius 3 is 2.00 bits per heavy atom. The maximum Gasteiger partial charge on any atom is 0.218 e. The number of carbonyl (C=O) groups is 1. The highest BCUT2D eigenvalue weighted by molar-refractivity contribution is 5.76. The fraction of sp³-hybridized carbons (Fsp3) is 0.348. The van der Waals surface area contributed by atoms with E-state index in [9.17, 15) is 4.79 Å². The third-order valence-electron chi connectivity index (χ3n) is 5.88. The van der Waals surface area contributed by atoms with Gasteiger partial charge in [-0.25, -0.2) is 0 Å². The van der Waals surface area contributed by atoms with Gasteiger partial charge in [-0.15, -0.1) is 0 Å². The summed E-state index contributed by atoms with van der Waals surface area (Å²) in [5.41, 5.74) is 10.9. The van der Waals surface area contributed by atoms with Gasteiger partial charge < -0.3 is 10.6 Å². The van der Waals surface area contributed by atoms with Gasteiger partial charge in [0.2, 0.25) is 5.91 Å². The number of fused-ring (bicyclic) bond motifs is 2. The molecule has 2 aromatic rings. The lowest BCUT2D eigenvalue weighted by atomic mass is 9.74. The molecule has 1 heterocycles. The minimum absolute atomic E-state index is 0.204. The summed E-state index contributed by atoms with van der Waals surface area (Å²) in [6, 6.07) is 17.6. The first-order chi connectivity index (χ1) is 12.7. The zero-order chi connectivity index (χ0) is 17.9. The molecule has 3 heteroatoms. The summed E-state index contributed by atoms with van der Waals surface area (Å²) in [4.78, 5) is 13.4. The summed E-state index contributed by atoms with van der Waals surface area (Å²) in [7, 11) is 0. The van der Waals surface area contributed by atoms with Gasteiger partial charge in [0.15, 0.2) is 0 Å². The highest BCUT2D eigenvalue weighted by atomic mass is 16.1. The number of primary amides is 1. The largest absolute Gasteiger partial charge is 0.370 e. The number of nitrogens with zero attached hydrogens (tertiary/aromatic N) is 1. The van der Waals surface area contributed by atoms with Gasteiger partial charge in [-0.1, -0.05) is 60.7 Å². The van der Waals surface area contributed by atoms with Crippen LogP contribution in [0.1, 0.15) is 47.4 Å². The molecule has 1 aliphatic carbocycles. The van der Waals surface area contributed by atoms with E-state index in [1.54, 1.807) is 0 Å². The molecule has 0 aromatic heterocycles. The summed E-state index contributed by atoms with van der Waals surface area (Å²) >= 11 is 0. The Hall–Kier alpha value is -2.39. The van der Waals surface area contributed by atoms with Crippen molar-refractivity contribution in [1.29, 1.82) is 0 Å². The van der Waals surface area contributed by atoms with Crippen molar-refractivity contribution in [3.8, 4) is 0 Å². The fourth-order valence-corrected chi connectivity index (χ4v) is 4.52. The van der Waals surface area contributed by atoms with Crippen LogP contribution in [0.25, 0.3) is 12.2 Å². The monoisotopic (exact) mass is 346 g/mol. The fourth-order valence-electron chi connectivity index (χ4n) is 4.52. The van der Waals surface area contributed by atoms with Gasteiger partial charge in [-0.2, -0.15) is 0 Å². The maximum absolute atomic E-state index is 11.1. The molecule has 1 saturated heterocycles. The molecule has 134 valence electrons. The van der Waals surface area contributed by atoms with Crippen molar-refractivity contribution in [3.63, 3.8) is 0 Å². The number of hydrogen-bond acceptors (Lipinski definition) is 2. The lowest BCUT2D eigenvalue weighted by Crippen LogP contribution is -2.37. The lowest BCUT2D eigenvalue weighted by Gasteiger charge is -2.37. The molecular formula is C23H26N2O. The number of nitrogens with two attached hydrogens (primary N) is 1. The maximum atomic E-state index is 11.1. The van der Waals surface area contributed by atoms with Crippen molar-refractivity contribution in [1.82, 2.24) is 4.90 Å². The standard InChI is InChI=1S/C23H26N2O/c24-22(26)13-16-25-14-11-19(12-15-25)23-20-7-3-1-5-17(20)9-10-18-6-2-4-8-21(18)23/h1-10,19,23H,11-16H2,(H2,24,26). The Balaban J connectivity index is 1.60. The van der Waals surface area contributed by atoms with Crippen LogP contribution >= 0.6 is 0 Å². The minimum Gasteiger partial charge on any atom is -0.370 e. The topological polar surface area (TPSA) is 46.3 Å². The van der Waals surface area contributed by atoms with Crippen LogP contribution in [0.2, 0.25) is 0 Å². The second kappa shape index (κ2) is 7.46. The molecule has 3 nitrogen and oxygen atoms in total. The van der Waals surface area contributed by atoms with Crippen LogP contribution < -0.4 is 5.73 Å². The average Bonchev–Trinajstić information content (AvgIpc) is 2.84. The van der Waals surface area contributed by atoms with Gasteiger partial charge in [-0.3, -0.25) is 4.79 Å². The number of likely N-dealkylation sites (tertiary alicyclic amines) is 1. The van der Waals surface area contributed by atoms with E-state index in [4.69, 9.17) is 5.73 Å². The second-order valence-corrected chi connectivity index (χ2v) is 7.46.